The lowest BCUT2D eigenvalue weighted by Gasteiger charge is -2.13. The zero-order valence-corrected chi connectivity index (χ0v) is 11.3. The van der Waals surface area contributed by atoms with Crippen molar-refractivity contribution in [1.29, 1.82) is 0 Å². The van der Waals surface area contributed by atoms with Crippen LogP contribution in [0.15, 0.2) is 6.20 Å². The van der Waals surface area contributed by atoms with Gasteiger partial charge in [-0.3, -0.25) is 0 Å². The van der Waals surface area contributed by atoms with Crippen LogP contribution in [-0.2, 0) is 16.0 Å². The van der Waals surface area contributed by atoms with Gasteiger partial charge in [0.05, 0.1) is 18.3 Å². The topological polar surface area (TPSA) is 48.3 Å². The van der Waals surface area contributed by atoms with E-state index in [0.717, 1.165) is 50.8 Å². The minimum Gasteiger partial charge on any atom is -0.385 e. The quantitative estimate of drug-likeness (QED) is 0.753. The summed E-state index contributed by atoms with van der Waals surface area (Å²) in [6.45, 7) is 5.48. The third kappa shape index (κ3) is 3.71. The van der Waals surface area contributed by atoms with Gasteiger partial charge in [0.2, 0.25) is 5.95 Å². The van der Waals surface area contributed by atoms with Crippen molar-refractivity contribution in [3.63, 3.8) is 0 Å². The Morgan fingerprint density at radius 2 is 2.50 bits per heavy atom. The number of hydrogen-bond donors (Lipinski definition) is 1. The monoisotopic (exact) mass is 253 g/mol. The lowest BCUT2D eigenvalue weighted by Crippen LogP contribution is -2.17. The van der Waals surface area contributed by atoms with Crippen molar-refractivity contribution in [1.82, 2.24) is 9.55 Å². The largest absolute Gasteiger partial charge is 0.385 e. The molecule has 1 fully saturated rings. The average molecular weight is 253 g/mol. The maximum atomic E-state index is 5.67. The van der Waals surface area contributed by atoms with E-state index in [0.29, 0.717) is 6.10 Å². The highest BCUT2D eigenvalue weighted by molar-refractivity contribution is 5.28. The molecule has 2 heterocycles. The summed E-state index contributed by atoms with van der Waals surface area (Å²) in [7, 11) is 1.72. The standard InChI is InChI=1S/C13H23N3O2/c1-11-9-16(10-12-5-3-8-18-12)13(15-11)14-6-4-7-17-2/h9,12H,3-8,10H2,1-2H3,(H,14,15). The highest BCUT2D eigenvalue weighted by atomic mass is 16.5. The van der Waals surface area contributed by atoms with Crippen LogP contribution in [0.25, 0.3) is 0 Å². The molecule has 0 bridgehead atoms. The van der Waals surface area contributed by atoms with Crippen molar-refractivity contribution in [2.24, 2.45) is 0 Å². The highest BCUT2D eigenvalue weighted by Crippen LogP contribution is 2.17. The van der Waals surface area contributed by atoms with E-state index in [1.807, 2.05) is 6.92 Å². The minimum atomic E-state index is 0.345. The zero-order valence-electron chi connectivity index (χ0n) is 11.3. The number of aryl methyl sites for hydroxylation is 1. The van der Waals surface area contributed by atoms with E-state index in [9.17, 15) is 0 Å². The van der Waals surface area contributed by atoms with Gasteiger partial charge in [0.15, 0.2) is 0 Å². The molecule has 1 aliphatic heterocycles. The van der Waals surface area contributed by atoms with E-state index >= 15 is 0 Å². The van der Waals surface area contributed by atoms with E-state index in [2.05, 4.69) is 21.1 Å². The fourth-order valence-corrected chi connectivity index (χ4v) is 2.25. The summed E-state index contributed by atoms with van der Waals surface area (Å²) in [6, 6.07) is 0. The van der Waals surface area contributed by atoms with Crippen molar-refractivity contribution < 1.29 is 9.47 Å². The number of nitrogens with zero attached hydrogens (tertiary/aromatic N) is 2. The van der Waals surface area contributed by atoms with Gasteiger partial charge >= 0.3 is 0 Å². The third-order valence-electron chi connectivity index (χ3n) is 3.13. The van der Waals surface area contributed by atoms with Gasteiger partial charge in [-0.2, -0.15) is 0 Å². The summed E-state index contributed by atoms with van der Waals surface area (Å²) in [6.07, 6.45) is 5.75. The van der Waals surface area contributed by atoms with E-state index in [1.165, 1.54) is 6.42 Å². The molecule has 2 rings (SSSR count). The first-order valence-corrected chi connectivity index (χ1v) is 6.68. The molecule has 5 heteroatoms. The molecule has 0 aromatic carbocycles. The van der Waals surface area contributed by atoms with Crippen LogP contribution in [0.1, 0.15) is 25.0 Å². The maximum absolute atomic E-state index is 5.67. The van der Waals surface area contributed by atoms with Crippen LogP contribution in [0.3, 0.4) is 0 Å². The van der Waals surface area contributed by atoms with Crippen LogP contribution in [-0.4, -0.2) is 42.5 Å². The third-order valence-corrected chi connectivity index (χ3v) is 3.13. The second-order valence-electron chi connectivity index (χ2n) is 4.77. The van der Waals surface area contributed by atoms with Crippen molar-refractivity contribution in [3.8, 4) is 0 Å². The molecule has 0 saturated carbocycles. The second-order valence-corrected chi connectivity index (χ2v) is 4.77. The van der Waals surface area contributed by atoms with Gasteiger partial charge in [-0.15, -0.1) is 0 Å². The molecule has 0 spiro atoms. The van der Waals surface area contributed by atoms with Crippen LogP contribution < -0.4 is 5.32 Å². The smallest absolute Gasteiger partial charge is 0.203 e. The summed E-state index contributed by atoms with van der Waals surface area (Å²) in [5, 5.41) is 3.36. The lowest BCUT2D eigenvalue weighted by atomic mass is 10.2. The number of ether oxygens (including phenoxy) is 2. The lowest BCUT2D eigenvalue weighted by molar-refractivity contribution is 0.0974. The van der Waals surface area contributed by atoms with Gasteiger partial charge in [0.1, 0.15) is 0 Å². The van der Waals surface area contributed by atoms with E-state index in [1.54, 1.807) is 7.11 Å². The first kappa shape index (κ1) is 13.4. The Morgan fingerprint density at radius 3 is 3.22 bits per heavy atom. The first-order valence-electron chi connectivity index (χ1n) is 6.68. The molecule has 0 amide bonds. The molecule has 102 valence electrons. The summed E-state index contributed by atoms with van der Waals surface area (Å²) < 4.78 is 12.9. The SMILES string of the molecule is COCCCNc1nc(C)cn1CC1CCCO1. The average Bonchev–Trinajstić information content (AvgIpc) is 2.96. The van der Waals surface area contributed by atoms with Crippen LogP contribution in [0.5, 0.6) is 0 Å². The van der Waals surface area contributed by atoms with Crippen molar-refractivity contribution in [2.45, 2.75) is 38.8 Å². The molecule has 0 radical (unpaired) electrons. The Bertz CT molecular complexity index is 359. The maximum Gasteiger partial charge on any atom is 0.203 e. The molecule has 5 nitrogen and oxygen atoms in total. The molecule has 0 aliphatic carbocycles. The molecule has 1 unspecified atom stereocenters. The molecule has 1 N–H and O–H groups in total. The Hall–Kier alpha value is -1.07. The van der Waals surface area contributed by atoms with E-state index < -0.39 is 0 Å². The number of anilines is 1. The summed E-state index contributed by atoms with van der Waals surface area (Å²) in [4.78, 5) is 4.51. The Balaban J connectivity index is 1.87. The highest BCUT2D eigenvalue weighted by Gasteiger charge is 2.17. The van der Waals surface area contributed by atoms with Crippen molar-refractivity contribution >= 4 is 5.95 Å². The number of hydrogen-bond acceptors (Lipinski definition) is 4. The molecule has 1 aromatic heterocycles. The fourth-order valence-electron chi connectivity index (χ4n) is 2.25. The predicted octanol–water partition coefficient (Wildman–Crippen LogP) is 1.82. The van der Waals surface area contributed by atoms with Crippen LogP contribution in [0.4, 0.5) is 5.95 Å². The van der Waals surface area contributed by atoms with Gasteiger partial charge < -0.3 is 19.4 Å². The first-order chi connectivity index (χ1) is 8.79. The number of rotatable bonds is 7. The van der Waals surface area contributed by atoms with E-state index in [-0.39, 0.29) is 0 Å². The van der Waals surface area contributed by atoms with Crippen molar-refractivity contribution in [2.75, 3.05) is 32.2 Å². The Kier molecular flexibility index (Phi) is 5.01. The second kappa shape index (κ2) is 6.75. The van der Waals surface area contributed by atoms with Crippen LogP contribution in [0, 0.1) is 6.92 Å². The van der Waals surface area contributed by atoms with E-state index in [4.69, 9.17) is 9.47 Å². The molecular formula is C13H23N3O2. The Morgan fingerprint density at radius 1 is 1.61 bits per heavy atom. The van der Waals surface area contributed by atoms with Crippen molar-refractivity contribution in [3.05, 3.63) is 11.9 Å². The van der Waals surface area contributed by atoms with Gasteiger partial charge in [0.25, 0.3) is 0 Å². The molecule has 1 aromatic rings. The summed E-state index contributed by atoms with van der Waals surface area (Å²) in [5.74, 6) is 0.944. The molecular weight excluding hydrogens is 230 g/mol. The number of imidazole rings is 1. The van der Waals surface area contributed by atoms with Gasteiger partial charge in [-0.1, -0.05) is 0 Å². The van der Waals surface area contributed by atoms with Gasteiger partial charge in [-0.25, -0.2) is 4.98 Å². The number of methoxy groups -OCH3 is 1. The Labute approximate surface area is 108 Å². The van der Waals surface area contributed by atoms with Crippen LogP contribution >= 0.6 is 0 Å². The summed E-state index contributed by atoms with van der Waals surface area (Å²) >= 11 is 0. The number of nitrogens with one attached hydrogen (secondary N) is 1. The molecule has 1 atom stereocenters. The summed E-state index contributed by atoms with van der Waals surface area (Å²) in [5.41, 5.74) is 1.04. The molecule has 1 saturated heterocycles. The number of aromatic nitrogens is 2. The normalized spacial score (nSPS) is 19.3. The van der Waals surface area contributed by atoms with Gasteiger partial charge in [-0.05, 0) is 26.2 Å². The molecule has 1 aliphatic rings. The minimum absolute atomic E-state index is 0.345. The predicted molar refractivity (Wildman–Crippen MR) is 70.9 cm³/mol. The fraction of sp³-hybridized carbons (Fsp3) is 0.769. The van der Waals surface area contributed by atoms with Crippen LogP contribution in [0.2, 0.25) is 0 Å². The molecule has 18 heavy (non-hydrogen) atoms. The van der Waals surface area contributed by atoms with Gasteiger partial charge in [0, 0.05) is 33.1 Å². The zero-order chi connectivity index (χ0) is 12.8.